The second kappa shape index (κ2) is 4.61. The molecule has 18 heavy (non-hydrogen) atoms. The van der Waals surface area contributed by atoms with Gasteiger partial charge in [-0.3, -0.25) is 0 Å². The third-order valence-electron chi connectivity index (χ3n) is 3.09. The molecule has 3 heteroatoms. The van der Waals surface area contributed by atoms with Crippen molar-refractivity contribution in [1.29, 1.82) is 0 Å². The Balaban J connectivity index is 1.75. The van der Waals surface area contributed by atoms with Gasteiger partial charge in [0.2, 0.25) is 0 Å². The van der Waals surface area contributed by atoms with E-state index in [0.717, 1.165) is 24.4 Å². The number of ether oxygens (including phenoxy) is 1. The lowest BCUT2D eigenvalue weighted by molar-refractivity contribution is 0.205. The Kier molecular flexibility index (Phi) is 2.81. The predicted octanol–water partition coefficient (Wildman–Crippen LogP) is 2.81. The summed E-state index contributed by atoms with van der Waals surface area (Å²) in [5.41, 5.74) is 2.20. The van der Waals surface area contributed by atoms with Crippen molar-refractivity contribution in [1.82, 2.24) is 0 Å². The smallest absolute Gasteiger partial charge is 0.146 e. The third kappa shape index (κ3) is 2.25. The van der Waals surface area contributed by atoms with Crippen LogP contribution < -0.4 is 10.1 Å². The molecule has 0 bridgehead atoms. The first-order chi connectivity index (χ1) is 8.81. The molecule has 3 rings (SSSR count). The minimum Gasteiger partial charge on any atom is -0.508 e. The number of phenolic OH excluding ortho intramolecular Hbond substituents is 1. The Hall–Kier alpha value is -2.16. The maximum absolute atomic E-state index is 9.46. The van der Waals surface area contributed by atoms with Crippen molar-refractivity contribution in [3.8, 4) is 11.5 Å². The molecule has 1 aliphatic rings. The Morgan fingerprint density at radius 3 is 2.83 bits per heavy atom. The summed E-state index contributed by atoms with van der Waals surface area (Å²) in [5, 5.41) is 12.8. The fourth-order valence-electron chi connectivity index (χ4n) is 2.19. The lowest BCUT2D eigenvalue weighted by Crippen LogP contribution is -2.32. The Morgan fingerprint density at radius 1 is 1.17 bits per heavy atom. The highest BCUT2D eigenvalue weighted by Gasteiger charge is 2.19. The first-order valence-electron chi connectivity index (χ1n) is 6.09. The molecule has 1 unspecified atom stereocenters. The molecule has 2 N–H and O–H groups in total. The molecular weight excluding hydrogens is 226 g/mol. The number of phenols is 1. The van der Waals surface area contributed by atoms with Gasteiger partial charge in [-0.1, -0.05) is 30.3 Å². The van der Waals surface area contributed by atoms with E-state index in [1.807, 2.05) is 24.3 Å². The fourth-order valence-corrected chi connectivity index (χ4v) is 2.19. The molecule has 1 heterocycles. The molecule has 0 fully saturated rings. The van der Waals surface area contributed by atoms with Gasteiger partial charge in [0.05, 0.1) is 12.2 Å². The molecule has 92 valence electrons. The zero-order valence-corrected chi connectivity index (χ0v) is 9.97. The summed E-state index contributed by atoms with van der Waals surface area (Å²) in [6, 6.07) is 15.4. The number of rotatable bonds is 2. The van der Waals surface area contributed by atoms with Gasteiger partial charge in [0.25, 0.3) is 0 Å². The van der Waals surface area contributed by atoms with E-state index in [9.17, 15) is 5.11 Å². The Morgan fingerprint density at radius 2 is 2.00 bits per heavy atom. The first-order valence-corrected chi connectivity index (χ1v) is 6.09. The molecule has 3 nitrogen and oxygen atoms in total. The summed E-state index contributed by atoms with van der Waals surface area (Å²) in [4.78, 5) is 0. The second-order valence-electron chi connectivity index (χ2n) is 4.49. The first kappa shape index (κ1) is 11.0. The molecule has 2 aromatic carbocycles. The van der Waals surface area contributed by atoms with Crippen LogP contribution in [-0.2, 0) is 6.42 Å². The molecule has 0 spiro atoms. The topological polar surface area (TPSA) is 41.5 Å². The van der Waals surface area contributed by atoms with Crippen LogP contribution in [0.4, 0.5) is 5.69 Å². The zero-order valence-electron chi connectivity index (χ0n) is 9.97. The van der Waals surface area contributed by atoms with Gasteiger partial charge < -0.3 is 15.2 Å². The van der Waals surface area contributed by atoms with Gasteiger partial charge >= 0.3 is 0 Å². The van der Waals surface area contributed by atoms with E-state index >= 15 is 0 Å². The van der Waals surface area contributed by atoms with Gasteiger partial charge in [0.1, 0.15) is 17.6 Å². The SMILES string of the molecule is Oc1ccc2c(c1)OC(Cc1ccccc1)CN2. The van der Waals surface area contributed by atoms with Crippen molar-refractivity contribution < 1.29 is 9.84 Å². The van der Waals surface area contributed by atoms with Gasteiger partial charge in [-0.05, 0) is 17.7 Å². The number of fused-ring (bicyclic) bond motifs is 1. The number of anilines is 1. The lowest BCUT2D eigenvalue weighted by Gasteiger charge is -2.27. The number of hydrogen-bond acceptors (Lipinski definition) is 3. The van der Waals surface area contributed by atoms with E-state index in [0.29, 0.717) is 0 Å². The summed E-state index contributed by atoms with van der Waals surface area (Å²) in [7, 11) is 0. The number of nitrogens with one attached hydrogen (secondary N) is 1. The maximum atomic E-state index is 9.46. The van der Waals surface area contributed by atoms with Crippen molar-refractivity contribution >= 4 is 5.69 Å². The van der Waals surface area contributed by atoms with Crippen molar-refractivity contribution in [2.75, 3.05) is 11.9 Å². The van der Waals surface area contributed by atoms with E-state index in [4.69, 9.17) is 4.74 Å². The largest absolute Gasteiger partial charge is 0.508 e. The average Bonchev–Trinajstić information content (AvgIpc) is 2.39. The van der Waals surface area contributed by atoms with E-state index in [-0.39, 0.29) is 11.9 Å². The molecule has 2 aromatic rings. The van der Waals surface area contributed by atoms with E-state index < -0.39 is 0 Å². The van der Waals surface area contributed by atoms with E-state index in [1.165, 1.54) is 5.56 Å². The minimum absolute atomic E-state index is 0.0988. The molecule has 1 aliphatic heterocycles. The van der Waals surface area contributed by atoms with Crippen LogP contribution in [0.15, 0.2) is 48.5 Å². The molecular formula is C15H15NO2. The lowest BCUT2D eigenvalue weighted by atomic mass is 10.1. The van der Waals surface area contributed by atoms with Crippen LogP contribution in [0, 0.1) is 0 Å². The number of aromatic hydroxyl groups is 1. The van der Waals surface area contributed by atoms with Gasteiger partial charge in [0, 0.05) is 12.5 Å². The van der Waals surface area contributed by atoms with Crippen LogP contribution in [0.25, 0.3) is 0 Å². The molecule has 0 saturated carbocycles. The van der Waals surface area contributed by atoms with Gasteiger partial charge in [-0.15, -0.1) is 0 Å². The molecule has 0 aliphatic carbocycles. The maximum Gasteiger partial charge on any atom is 0.146 e. The van der Waals surface area contributed by atoms with Gasteiger partial charge in [0.15, 0.2) is 0 Å². The highest BCUT2D eigenvalue weighted by atomic mass is 16.5. The molecule has 1 atom stereocenters. The van der Waals surface area contributed by atoms with Crippen LogP contribution in [0.1, 0.15) is 5.56 Å². The highest BCUT2D eigenvalue weighted by molar-refractivity contribution is 5.60. The Bertz CT molecular complexity index is 539. The van der Waals surface area contributed by atoms with Gasteiger partial charge in [-0.25, -0.2) is 0 Å². The molecule has 0 radical (unpaired) electrons. The van der Waals surface area contributed by atoms with Crippen molar-refractivity contribution in [3.63, 3.8) is 0 Å². The molecule has 0 amide bonds. The van der Waals surface area contributed by atoms with Crippen LogP contribution in [0.2, 0.25) is 0 Å². The number of hydrogen-bond donors (Lipinski definition) is 2. The number of benzene rings is 2. The van der Waals surface area contributed by atoms with Crippen LogP contribution >= 0.6 is 0 Å². The normalized spacial score (nSPS) is 17.4. The minimum atomic E-state index is 0.0988. The van der Waals surface area contributed by atoms with Crippen LogP contribution in [0.3, 0.4) is 0 Å². The van der Waals surface area contributed by atoms with Crippen molar-refractivity contribution in [2.45, 2.75) is 12.5 Å². The Labute approximate surface area is 106 Å². The van der Waals surface area contributed by atoms with Crippen molar-refractivity contribution in [3.05, 3.63) is 54.1 Å². The standard InChI is InChI=1S/C15H15NO2/c17-12-6-7-14-15(9-12)18-13(10-16-14)8-11-4-2-1-3-5-11/h1-7,9,13,16-17H,8,10H2. The van der Waals surface area contributed by atoms with Crippen LogP contribution in [0.5, 0.6) is 11.5 Å². The summed E-state index contributed by atoms with van der Waals surface area (Å²) < 4.78 is 5.89. The summed E-state index contributed by atoms with van der Waals surface area (Å²) in [6.45, 7) is 0.784. The summed E-state index contributed by atoms with van der Waals surface area (Å²) in [6.07, 6.45) is 0.963. The van der Waals surface area contributed by atoms with Crippen LogP contribution in [-0.4, -0.2) is 17.8 Å². The monoisotopic (exact) mass is 241 g/mol. The predicted molar refractivity (Wildman–Crippen MR) is 71.2 cm³/mol. The zero-order chi connectivity index (χ0) is 12.4. The summed E-state index contributed by atoms with van der Waals surface area (Å²) in [5.74, 6) is 0.957. The molecule has 0 aromatic heterocycles. The highest BCUT2D eigenvalue weighted by Crippen LogP contribution is 2.32. The fraction of sp³-hybridized carbons (Fsp3) is 0.200. The van der Waals surface area contributed by atoms with Gasteiger partial charge in [-0.2, -0.15) is 0 Å². The van der Waals surface area contributed by atoms with E-state index in [1.54, 1.807) is 12.1 Å². The molecule has 0 saturated heterocycles. The third-order valence-corrected chi connectivity index (χ3v) is 3.09. The van der Waals surface area contributed by atoms with Crippen molar-refractivity contribution in [2.24, 2.45) is 0 Å². The quantitative estimate of drug-likeness (QED) is 0.794. The van der Waals surface area contributed by atoms with E-state index in [2.05, 4.69) is 17.4 Å². The summed E-state index contributed by atoms with van der Waals surface area (Å²) >= 11 is 0. The average molecular weight is 241 g/mol. The second-order valence-corrected chi connectivity index (χ2v) is 4.49.